The number of hydrogen-bond donors (Lipinski definition) is 3. The number of carboxylic acid groups (broad SMARTS) is 1. The Kier molecular flexibility index (Phi) is 6.59. The van der Waals surface area contributed by atoms with Crippen LogP contribution in [0, 0.1) is 0 Å². The molecule has 0 radical (unpaired) electrons. The summed E-state index contributed by atoms with van der Waals surface area (Å²) in [4.78, 5) is 12.5. The number of rotatable bonds is 9. The lowest BCUT2D eigenvalue weighted by atomic mass is 9.96. The van der Waals surface area contributed by atoms with Crippen molar-refractivity contribution in [3.8, 4) is 0 Å². The van der Waals surface area contributed by atoms with Crippen LogP contribution >= 0.6 is 0 Å². The minimum atomic E-state index is -3.74. The van der Waals surface area contributed by atoms with E-state index in [0.29, 0.717) is 13.0 Å². The molecule has 0 saturated carbocycles. The number of sulfonamides is 1. The third kappa shape index (κ3) is 5.52. The summed E-state index contributed by atoms with van der Waals surface area (Å²) in [6, 6.07) is 6.92. The molecule has 0 bridgehead atoms. The van der Waals surface area contributed by atoms with E-state index in [4.69, 9.17) is 0 Å². The predicted molar refractivity (Wildman–Crippen MR) is 96.2 cm³/mol. The summed E-state index contributed by atoms with van der Waals surface area (Å²) in [5.74, 6) is -0.983. The molecule has 6 nitrogen and oxygen atoms in total. The van der Waals surface area contributed by atoms with Crippen LogP contribution in [0.2, 0.25) is 0 Å². The van der Waals surface area contributed by atoms with Crippen molar-refractivity contribution in [2.24, 2.45) is 0 Å². The van der Waals surface area contributed by atoms with Gasteiger partial charge in [0.15, 0.2) is 0 Å². The van der Waals surface area contributed by atoms with E-state index in [1.165, 1.54) is 0 Å². The Bertz CT molecular complexity index is 688. The van der Waals surface area contributed by atoms with E-state index in [-0.39, 0.29) is 11.3 Å². The van der Waals surface area contributed by atoms with Crippen molar-refractivity contribution < 1.29 is 23.2 Å². The minimum Gasteiger partial charge on any atom is -0.481 e. The molecule has 1 aliphatic heterocycles. The van der Waals surface area contributed by atoms with Crippen LogP contribution in [-0.2, 0) is 21.2 Å². The molecule has 0 aromatic heterocycles. The summed E-state index contributed by atoms with van der Waals surface area (Å²) in [7, 11) is -1.79. The number of aryl methyl sites for hydroxylation is 1. The van der Waals surface area contributed by atoms with Crippen LogP contribution in [0.3, 0.4) is 0 Å². The van der Waals surface area contributed by atoms with Gasteiger partial charge in [0.1, 0.15) is 0 Å². The van der Waals surface area contributed by atoms with Gasteiger partial charge in [-0.05, 0) is 30.5 Å². The molecule has 1 heterocycles. The molecule has 1 aromatic rings. The van der Waals surface area contributed by atoms with Gasteiger partial charge in [0.2, 0.25) is 10.0 Å². The number of carboxylic acids is 1. The fourth-order valence-electron chi connectivity index (χ4n) is 3.53. The molecule has 25 heavy (non-hydrogen) atoms. The Balaban J connectivity index is 2.12. The highest BCUT2D eigenvalue weighted by Crippen LogP contribution is 2.21. The van der Waals surface area contributed by atoms with Crippen LogP contribution in [0.4, 0.5) is 0 Å². The monoisotopic (exact) mass is 369 g/mol. The zero-order valence-corrected chi connectivity index (χ0v) is 15.9. The molecule has 1 aliphatic rings. The Labute approximate surface area is 150 Å². The SMILES string of the molecule is CCCCCc1ccc(S(=O)(=O)NC2(CC(=O)O)CC[NH+](C)C2)cc1. The second-order valence-corrected chi connectivity index (χ2v) is 8.87. The van der Waals surface area contributed by atoms with Gasteiger partial charge in [0.25, 0.3) is 0 Å². The lowest BCUT2D eigenvalue weighted by molar-refractivity contribution is -0.868. The Morgan fingerprint density at radius 1 is 1.28 bits per heavy atom. The topological polar surface area (TPSA) is 87.9 Å². The number of nitrogens with one attached hydrogen (secondary N) is 2. The molecule has 3 N–H and O–H groups in total. The number of likely N-dealkylation sites (N-methyl/N-ethyl adjacent to an activating group) is 1. The first kappa shape index (κ1) is 19.9. The second-order valence-electron chi connectivity index (χ2n) is 7.19. The Morgan fingerprint density at radius 3 is 2.48 bits per heavy atom. The van der Waals surface area contributed by atoms with Gasteiger partial charge in [0, 0.05) is 6.42 Å². The van der Waals surface area contributed by atoms with Crippen molar-refractivity contribution in [3.63, 3.8) is 0 Å². The second kappa shape index (κ2) is 8.29. The normalized spacial score (nSPS) is 23.7. The third-order valence-electron chi connectivity index (χ3n) is 4.81. The molecule has 0 spiro atoms. The Morgan fingerprint density at radius 2 is 1.96 bits per heavy atom. The van der Waals surface area contributed by atoms with Crippen molar-refractivity contribution in [3.05, 3.63) is 29.8 Å². The van der Waals surface area contributed by atoms with Gasteiger partial charge in [0.05, 0.1) is 37.0 Å². The average molecular weight is 370 g/mol. The molecule has 1 aromatic carbocycles. The molecule has 1 fully saturated rings. The number of likely N-dealkylation sites (tertiary alicyclic amines) is 1. The van der Waals surface area contributed by atoms with E-state index in [2.05, 4.69) is 11.6 Å². The number of carbonyl (C=O) groups is 1. The van der Waals surface area contributed by atoms with E-state index < -0.39 is 21.5 Å². The van der Waals surface area contributed by atoms with Crippen molar-refractivity contribution in [1.29, 1.82) is 0 Å². The molecule has 1 saturated heterocycles. The summed E-state index contributed by atoms with van der Waals surface area (Å²) in [6.07, 6.45) is 4.68. The van der Waals surface area contributed by atoms with Gasteiger partial charge in [-0.25, -0.2) is 8.42 Å². The lowest BCUT2D eigenvalue weighted by Crippen LogP contribution is -3.08. The molecule has 7 heteroatoms. The first-order valence-corrected chi connectivity index (χ1v) is 10.4. The van der Waals surface area contributed by atoms with Crippen molar-refractivity contribution in [1.82, 2.24) is 4.72 Å². The Hall–Kier alpha value is -1.44. The van der Waals surface area contributed by atoms with Gasteiger partial charge in [-0.15, -0.1) is 0 Å². The summed E-state index contributed by atoms with van der Waals surface area (Å²) < 4.78 is 28.2. The summed E-state index contributed by atoms with van der Waals surface area (Å²) in [5, 5.41) is 9.19. The maximum absolute atomic E-state index is 12.7. The van der Waals surface area contributed by atoms with Crippen molar-refractivity contribution >= 4 is 16.0 Å². The fourth-order valence-corrected chi connectivity index (χ4v) is 4.96. The fraction of sp³-hybridized carbons (Fsp3) is 0.611. The van der Waals surface area contributed by atoms with Crippen LogP contribution in [0.15, 0.2) is 29.2 Å². The molecule has 2 unspecified atom stereocenters. The quantitative estimate of drug-likeness (QED) is 0.563. The van der Waals surface area contributed by atoms with Gasteiger partial charge in [-0.3, -0.25) is 4.79 Å². The summed E-state index contributed by atoms with van der Waals surface area (Å²) in [6.45, 7) is 3.39. The summed E-state index contributed by atoms with van der Waals surface area (Å²) in [5.41, 5.74) is 0.215. The first-order valence-electron chi connectivity index (χ1n) is 8.92. The average Bonchev–Trinajstić information content (AvgIpc) is 2.87. The van der Waals surface area contributed by atoms with Crippen LogP contribution in [0.5, 0.6) is 0 Å². The number of hydrogen-bond acceptors (Lipinski definition) is 3. The largest absolute Gasteiger partial charge is 0.481 e. The van der Waals surface area contributed by atoms with E-state index >= 15 is 0 Å². The molecule has 2 rings (SSSR count). The maximum atomic E-state index is 12.7. The zero-order chi connectivity index (χ0) is 18.5. The van der Waals surface area contributed by atoms with Gasteiger partial charge < -0.3 is 10.0 Å². The first-order chi connectivity index (χ1) is 11.8. The highest BCUT2D eigenvalue weighted by atomic mass is 32.2. The summed E-state index contributed by atoms with van der Waals surface area (Å²) >= 11 is 0. The highest BCUT2D eigenvalue weighted by molar-refractivity contribution is 7.89. The minimum absolute atomic E-state index is 0.195. The third-order valence-corrected chi connectivity index (χ3v) is 6.41. The molecule has 0 amide bonds. The van der Waals surface area contributed by atoms with Crippen molar-refractivity contribution in [2.45, 2.75) is 55.9 Å². The number of benzene rings is 1. The van der Waals surface area contributed by atoms with Gasteiger partial charge in [-0.2, -0.15) is 4.72 Å². The van der Waals surface area contributed by atoms with Crippen LogP contribution in [0.1, 0.15) is 44.6 Å². The molecular formula is C18H29N2O4S+. The van der Waals surface area contributed by atoms with Crippen LogP contribution < -0.4 is 9.62 Å². The van der Waals surface area contributed by atoms with E-state index in [0.717, 1.165) is 42.7 Å². The molecule has 140 valence electrons. The smallest absolute Gasteiger partial charge is 0.305 e. The van der Waals surface area contributed by atoms with E-state index in [1.54, 1.807) is 12.1 Å². The zero-order valence-electron chi connectivity index (χ0n) is 15.0. The maximum Gasteiger partial charge on any atom is 0.305 e. The molecular weight excluding hydrogens is 340 g/mol. The lowest BCUT2D eigenvalue weighted by Gasteiger charge is -2.26. The standard InChI is InChI=1S/C18H28N2O4S/c1-3-4-5-6-15-7-9-16(10-8-15)25(23,24)19-18(13-17(21)22)11-12-20(2)14-18/h7-10,19H,3-6,11-14H2,1-2H3,(H,21,22)/p+1. The van der Waals surface area contributed by atoms with Crippen LogP contribution in [-0.4, -0.2) is 45.2 Å². The predicted octanol–water partition coefficient (Wildman–Crippen LogP) is 0.830. The molecule has 2 atom stereocenters. The van der Waals surface area contributed by atoms with Crippen LogP contribution in [0.25, 0.3) is 0 Å². The van der Waals surface area contributed by atoms with Gasteiger partial charge in [-0.1, -0.05) is 31.9 Å². The van der Waals surface area contributed by atoms with Crippen molar-refractivity contribution in [2.75, 3.05) is 20.1 Å². The number of unbranched alkanes of at least 4 members (excludes halogenated alkanes) is 2. The van der Waals surface area contributed by atoms with E-state index in [1.807, 2.05) is 19.2 Å². The molecule has 0 aliphatic carbocycles. The number of aliphatic carboxylic acids is 1. The highest BCUT2D eigenvalue weighted by Gasteiger charge is 2.45. The van der Waals surface area contributed by atoms with Gasteiger partial charge >= 0.3 is 5.97 Å². The van der Waals surface area contributed by atoms with E-state index in [9.17, 15) is 18.3 Å². The number of quaternary nitrogens is 1.